The standard InChI is InChI=1S/C21H32N2O3S/c1-4-22(5-2)27(25,26)18-13-12-16(3)19(15-18)21(24)23-14-8-11-20(23)17-9-6-7-10-17/h12-13,15,17,20H,4-11,14H2,1-3H3. The topological polar surface area (TPSA) is 57.7 Å². The molecular weight excluding hydrogens is 360 g/mol. The van der Waals surface area contributed by atoms with Crippen LogP contribution in [0.25, 0.3) is 0 Å². The smallest absolute Gasteiger partial charge is 0.254 e. The molecule has 1 aliphatic heterocycles. The summed E-state index contributed by atoms with van der Waals surface area (Å²) in [6, 6.07) is 5.31. The molecule has 1 aliphatic carbocycles. The summed E-state index contributed by atoms with van der Waals surface area (Å²) in [5.74, 6) is 0.609. The van der Waals surface area contributed by atoms with Crippen molar-refractivity contribution in [1.29, 1.82) is 0 Å². The Kier molecular flexibility index (Phi) is 6.26. The molecule has 0 bridgehead atoms. The van der Waals surface area contributed by atoms with Gasteiger partial charge in [-0.3, -0.25) is 4.79 Å². The molecule has 1 heterocycles. The van der Waals surface area contributed by atoms with E-state index in [0.29, 0.717) is 30.6 Å². The number of rotatable bonds is 6. The van der Waals surface area contributed by atoms with Crippen LogP contribution in [0.4, 0.5) is 0 Å². The van der Waals surface area contributed by atoms with Crippen LogP contribution in [0.5, 0.6) is 0 Å². The number of carbonyl (C=O) groups is 1. The molecule has 27 heavy (non-hydrogen) atoms. The Morgan fingerprint density at radius 3 is 2.41 bits per heavy atom. The van der Waals surface area contributed by atoms with E-state index >= 15 is 0 Å². The second-order valence-corrected chi connectivity index (χ2v) is 9.76. The van der Waals surface area contributed by atoms with Gasteiger partial charge in [0.2, 0.25) is 10.0 Å². The third kappa shape index (κ3) is 3.92. The largest absolute Gasteiger partial charge is 0.335 e. The first-order valence-electron chi connectivity index (χ1n) is 10.3. The molecule has 0 aromatic heterocycles. The summed E-state index contributed by atoms with van der Waals surface area (Å²) in [5.41, 5.74) is 1.38. The molecule has 1 saturated heterocycles. The molecule has 5 nitrogen and oxygen atoms in total. The van der Waals surface area contributed by atoms with Crippen LogP contribution in [0, 0.1) is 12.8 Å². The molecule has 1 aromatic rings. The molecule has 1 amide bonds. The fourth-order valence-corrected chi connectivity index (χ4v) is 6.22. The molecule has 1 atom stereocenters. The van der Waals surface area contributed by atoms with E-state index in [-0.39, 0.29) is 10.8 Å². The van der Waals surface area contributed by atoms with Crippen molar-refractivity contribution in [3.8, 4) is 0 Å². The molecule has 1 saturated carbocycles. The minimum Gasteiger partial charge on any atom is -0.335 e. The quantitative estimate of drug-likeness (QED) is 0.739. The summed E-state index contributed by atoms with van der Waals surface area (Å²) in [5, 5.41) is 0. The van der Waals surface area contributed by atoms with Crippen molar-refractivity contribution < 1.29 is 13.2 Å². The average Bonchev–Trinajstić information content (AvgIpc) is 3.33. The van der Waals surface area contributed by atoms with Crippen LogP contribution in [0.3, 0.4) is 0 Å². The molecule has 2 aliphatic rings. The molecule has 1 aromatic carbocycles. The van der Waals surface area contributed by atoms with Crippen LogP contribution in [-0.4, -0.2) is 49.2 Å². The molecule has 3 rings (SSSR count). The summed E-state index contributed by atoms with van der Waals surface area (Å²) >= 11 is 0. The van der Waals surface area contributed by atoms with Gasteiger partial charge in [0.25, 0.3) is 5.91 Å². The Balaban J connectivity index is 1.91. The predicted molar refractivity (Wildman–Crippen MR) is 107 cm³/mol. The van der Waals surface area contributed by atoms with Crippen molar-refractivity contribution in [3.05, 3.63) is 29.3 Å². The van der Waals surface area contributed by atoms with E-state index in [1.807, 2.05) is 25.7 Å². The van der Waals surface area contributed by atoms with E-state index in [4.69, 9.17) is 0 Å². The highest BCUT2D eigenvalue weighted by atomic mass is 32.2. The highest BCUT2D eigenvalue weighted by Crippen LogP contribution is 2.36. The minimum atomic E-state index is -3.56. The number of hydrogen-bond acceptors (Lipinski definition) is 3. The Hall–Kier alpha value is -1.40. The minimum absolute atomic E-state index is 0.00139. The van der Waals surface area contributed by atoms with Crippen molar-refractivity contribution >= 4 is 15.9 Å². The van der Waals surface area contributed by atoms with E-state index in [2.05, 4.69) is 0 Å². The second kappa shape index (κ2) is 8.31. The summed E-state index contributed by atoms with van der Waals surface area (Å²) in [6.45, 7) is 7.18. The number of sulfonamides is 1. The van der Waals surface area contributed by atoms with Crippen LogP contribution in [-0.2, 0) is 10.0 Å². The Morgan fingerprint density at radius 1 is 1.11 bits per heavy atom. The number of carbonyl (C=O) groups excluding carboxylic acids is 1. The average molecular weight is 393 g/mol. The highest BCUT2D eigenvalue weighted by molar-refractivity contribution is 7.89. The van der Waals surface area contributed by atoms with E-state index in [0.717, 1.165) is 24.9 Å². The van der Waals surface area contributed by atoms with Crippen LogP contribution in [0.2, 0.25) is 0 Å². The maximum atomic E-state index is 13.3. The van der Waals surface area contributed by atoms with Gasteiger partial charge in [-0.1, -0.05) is 32.8 Å². The van der Waals surface area contributed by atoms with Crippen molar-refractivity contribution in [1.82, 2.24) is 9.21 Å². The van der Waals surface area contributed by atoms with Crippen LogP contribution < -0.4 is 0 Å². The lowest BCUT2D eigenvalue weighted by molar-refractivity contribution is 0.0688. The van der Waals surface area contributed by atoms with Gasteiger partial charge in [0, 0.05) is 31.2 Å². The van der Waals surface area contributed by atoms with Crippen LogP contribution >= 0.6 is 0 Å². The maximum absolute atomic E-state index is 13.3. The van der Waals surface area contributed by atoms with Crippen molar-refractivity contribution in [2.75, 3.05) is 19.6 Å². The first-order valence-corrected chi connectivity index (χ1v) is 11.8. The Morgan fingerprint density at radius 2 is 1.78 bits per heavy atom. The molecule has 150 valence electrons. The summed E-state index contributed by atoms with van der Waals surface area (Å²) in [4.78, 5) is 15.6. The van der Waals surface area contributed by atoms with E-state index < -0.39 is 10.0 Å². The number of amides is 1. The lowest BCUT2D eigenvalue weighted by atomic mass is 9.95. The molecular formula is C21H32N2O3S. The highest BCUT2D eigenvalue weighted by Gasteiger charge is 2.37. The zero-order valence-corrected chi connectivity index (χ0v) is 17.6. The lowest BCUT2D eigenvalue weighted by Gasteiger charge is -2.30. The molecule has 1 unspecified atom stereocenters. The summed E-state index contributed by atoms with van der Waals surface area (Å²) < 4.78 is 27.2. The normalized spacial score (nSPS) is 21.3. The fraction of sp³-hybridized carbons (Fsp3) is 0.667. The monoisotopic (exact) mass is 392 g/mol. The van der Waals surface area contributed by atoms with E-state index in [9.17, 15) is 13.2 Å². The van der Waals surface area contributed by atoms with Gasteiger partial charge in [0.15, 0.2) is 0 Å². The molecule has 2 fully saturated rings. The molecule has 0 radical (unpaired) electrons. The van der Waals surface area contributed by atoms with E-state index in [1.54, 1.807) is 18.2 Å². The van der Waals surface area contributed by atoms with Gasteiger partial charge in [0.05, 0.1) is 4.90 Å². The van der Waals surface area contributed by atoms with Gasteiger partial charge in [-0.05, 0) is 56.2 Å². The van der Waals surface area contributed by atoms with Crippen molar-refractivity contribution in [2.24, 2.45) is 5.92 Å². The van der Waals surface area contributed by atoms with Gasteiger partial charge in [-0.25, -0.2) is 8.42 Å². The Bertz CT molecular complexity index is 781. The first kappa shape index (κ1) is 20.3. The van der Waals surface area contributed by atoms with Gasteiger partial charge >= 0.3 is 0 Å². The number of likely N-dealkylation sites (tertiary alicyclic amines) is 1. The fourth-order valence-electron chi connectivity index (χ4n) is 4.74. The second-order valence-electron chi connectivity index (χ2n) is 7.82. The van der Waals surface area contributed by atoms with Gasteiger partial charge in [-0.2, -0.15) is 4.31 Å². The molecule has 6 heteroatoms. The van der Waals surface area contributed by atoms with Crippen LogP contribution in [0.15, 0.2) is 23.1 Å². The summed E-state index contributed by atoms with van der Waals surface area (Å²) in [6.07, 6.45) is 7.07. The molecule has 0 spiro atoms. The van der Waals surface area contributed by atoms with Gasteiger partial charge in [0.1, 0.15) is 0 Å². The number of hydrogen-bond donors (Lipinski definition) is 0. The predicted octanol–water partition coefficient (Wildman–Crippen LogP) is 3.82. The first-order chi connectivity index (χ1) is 12.9. The number of benzene rings is 1. The van der Waals surface area contributed by atoms with Gasteiger partial charge < -0.3 is 4.90 Å². The lowest BCUT2D eigenvalue weighted by Crippen LogP contribution is -2.39. The van der Waals surface area contributed by atoms with E-state index in [1.165, 1.54) is 30.0 Å². The van der Waals surface area contributed by atoms with Gasteiger partial charge in [-0.15, -0.1) is 0 Å². The number of aryl methyl sites for hydroxylation is 1. The third-order valence-electron chi connectivity index (χ3n) is 6.29. The molecule has 0 N–H and O–H groups in total. The van der Waals surface area contributed by atoms with Crippen molar-refractivity contribution in [2.45, 2.75) is 70.2 Å². The van der Waals surface area contributed by atoms with Crippen molar-refractivity contribution in [3.63, 3.8) is 0 Å². The zero-order valence-electron chi connectivity index (χ0n) is 16.8. The number of nitrogens with zero attached hydrogens (tertiary/aromatic N) is 2. The third-order valence-corrected chi connectivity index (χ3v) is 8.33. The zero-order chi connectivity index (χ0) is 19.6. The van der Waals surface area contributed by atoms with Crippen LogP contribution in [0.1, 0.15) is 68.3 Å². The maximum Gasteiger partial charge on any atom is 0.254 e. The summed E-state index contributed by atoms with van der Waals surface area (Å²) in [7, 11) is -3.56. The SMILES string of the molecule is CCN(CC)S(=O)(=O)c1ccc(C)c(C(=O)N2CCCC2C2CCCC2)c1. The Labute approximate surface area is 163 Å².